The molecule has 0 saturated carbocycles. The molecule has 8 nitrogen and oxygen atoms in total. The topological polar surface area (TPSA) is 108 Å². The molecule has 3 aromatic rings. The highest BCUT2D eigenvalue weighted by atomic mass is 19.1. The van der Waals surface area contributed by atoms with Crippen LogP contribution in [-0.2, 0) is 9.59 Å². The zero-order valence-corrected chi connectivity index (χ0v) is 18.5. The summed E-state index contributed by atoms with van der Waals surface area (Å²) in [5.74, 6) is -2.55. The number of hydrazine groups is 1. The van der Waals surface area contributed by atoms with Crippen LogP contribution in [0.1, 0.15) is 30.1 Å². The lowest BCUT2D eigenvalue weighted by Gasteiger charge is -2.25. The van der Waals surface area contributed by atoms with Crippen LogP contribution in [0.25, 0.3) is 10.8 Å². The van der Waals surface area contributed by atoms with Crippen LogP contribution in [0.2, 0.25) is 0 Å². The minimum absolute atomic E-state index is 0.0840. The van der Waals surface area contributed by atoms with Crippen LogP contribution in [-0.4, -0.2) is 46.4 Å². The average molecular weight is 465 g/mol. The Balaban J connectivity index is 1.39. The monoisotopic (exact) mass is 465 g/mol. The van der Waals surface area contributed by atoms with Gasteiger partial charge in [0.05, 0.1) is 5.56 Å². The Morgan fingerprint density at radius 3 is 2.59 bits per heavy atom. The highest BCUT2D eigenvalue weighted by molar-refractivity contribution is 6.05. The fourth-order valence-electron chi connectivity index (χ4n) is 3.96. The zero-order chi connectivity index (χ0) is 24.2. The van der Waals surface area contributed by atoms with Crippen LogP contribution in [0.5, 0.6) is 11.5 Å². The van der Waals surface area contributed by atoms with Crippen LogP contribution >= 0.6 is 0 Å². The van der Waals surface area contributed by atoms with Gasteiger partial charge in [-0.15, -0.1) is 0 Å². The number of nitrogens with one attached hydrogen (secondary N) is 2. The summed E-state index contributed by atoms with van der Waals surface area (Å²) >= 11 is 0. The van der Waals surface area contributed by atoms with Gasteiger partial charge in [0.15, 0.2) is 17.7 Å². The summed E-state index contributed by atoms with van der Waals surface area (Å²) in [6.07, 6.45) is -0.0739. The van der Waals surface area contributed by atoms with Crippen molar-refractivity contribution in [3.05, 3.63) is 72.0 Å². The molecular formula is C25H24FN3O5. The molecule has 1 fully saturated rings. The van der Waals surface area contributed by atoms with Gasteiger partial charge in [0.25, 0.3) is 17.7 Å². The third kappa shape index (κ3) is 4.63. The number of fused-ring (bicyclic) bond motifs is 1. The number of phenolic OH excluding ortho intramolecular Hbond substituents is 1. The Hall–Kier alpha value is -4.14. The lowest BCUT2D eigenvalue weighted by atomic mass is 10.0. The van der Waals surface area contributed by atoms with Crippen molar-refractivity contribution in [2.75, 3.05) is 6.54 Å². The quantitative estimate of drug-likeness (QED) is 0.502. The first-order chi connectivity index (χ1) is 16.4. The maximum absolute atomic E-state index is 13.7. The van der Waals surface area contributed by atoms with Crippen LogP contribution < -0.4 is 15.6 Å². The summed E-state index contributed by atoms with van der Waals surface area (Å²) in [7, 11) is 0. The van der Waals surface area contributed by atoms with Crippen molar-refractivity contribution in [3.63, 3.8) is 0 Å². The van der Waals surface area contributed by atoms with E-state index in [1.54, 1.807) is 24.3 Å². The van der Waals surface area contributed by atoms with Gasteiger partial charge in [0.2, 0.25) is 0 Å². The van der Waals surface area contributed by atoms with Gasteiger partial charge in [-0.3, -0.25) is 25.2 Å². The van der Waals surface area contributed by atoms with Crippen molar-refractivity contribution in [2.45, 2.75) is 31.9 Å². The molecule has 1 aliphatic rings. The van der Waals surface area contributed by atoms with Crippen molar-refractivity contribution < 1.29 is 28.6 Å². The number of carbonyl (C=O) groups excluding carboxylic acids is 3. The van der Waals surface area contributed by atoms with Gasteiger partial charge in [-0.05, 0) is 43.4 Å². The molecule has 0 aliphatic carbocycles. The van der Waals surface area contributed by atoms with Crippen LogP contribution in [0, 0.1) is 5.82 Å². The molecule has 0 aromatic heterocycles. The van der Waals surface area contributed by atoms with E-state index < -0.39 is 35.7 Å². The Morgan fingerprint density at radius 1 is 1.06 bits per heavy atom. The van der Waals surface area contributed by atoms with Crippen molar-refractivity contribution >= 4 is 28.5 Å². The third-order valence-electron chi connectivity index (χ3n) is 5.77. The molecule has 0 radical (unpaired) electrons. The van der Waals surface area contributed by atoms with Crippen LogP contribution in [0.3, 0.4) is 0 Å². The molecule has 9 heteroatoms. The Bertz CT molecular complexity index is 1250. The second-order valence-electron chi connectivity index (χ2n) is 8.01. The Kier molecular flexibility index (Phi) is 6.62. The second kappa shape index (κ2) is 9.78. The summed E-state index contributed by atoms with van der Waals surface area (Å²) in [5.41, 5.74) is 4.68. The van der Waals surface area contributed by atoms with E-state index in [1.807, 2.05) is 12.1 Å². The molecule has 3 aromatic carbocycles. The number of ether oxygens (including phenoxy) is 1. The number of benzene rings is 3. The lowest BCUT2D eigenvalue weighted by Crippen LogP contribution is -2.53. The fourth-order valence-corrected chi connectivity index (χ4v) is 3.96. The van der Waals surface area contributed by atoms with E-state index >= 15 is 0 Å². The molecule has 2 unspecified atom stereocenters. The fraction of sp³-hybridized carbons (Fsp3) is 0.240. The Labute approximate surface area is 195 Å². The smallest absolute Gasteiger partial charge is 0.279 e. The second-order valence-corrected chi connectivity index (χ2v) is 8.01. The lowest BCUT2D eigenvalue weighted by molar-refractivity contribution is -0.134. The van der Waals surface area contributed by atoms with Gasteiger partial charge < -0.3 is 14.7 Å². The molecule has 34 heavy (non-hydrogen) atoms. The van der Waals surface area contributed by atoms with Crippen LogP contribution in [0.4, 0.5) is 4.39 Å². The summed E-state index contributed by atoms with van der Waals surface area (Å²) in [5, 5.41) is 12.0. The third-order valence-corrected chi connectivity index (χ3v) is 5.77. The normalized spacial score (nSPS) is 16.2. The SMILES string of the molecule is CC(Oc1ccccc1F)C(=O)NNC(=O)C1CCCN1C(=O)c1ccc2ccccc2c1O. The highest BCUT2D eigenvalue weighted by Gasteiger charge is 2.36. The molecule has 2 atom stereocenters. The van der Waals surface area contributed by atoms with E-state index in [2.05, 4.69) is 10.9 Å². The zero-order valence-electron chi connectivity index (χ0n) is 18.5. The molecule has 3 N–H and O–H groups in total. The molecule has 4 rings (SSSR count). The standard InChI is InChI=1S/C25H24FN3O5/c1-15(34-21-11-5-4-9-19(21)26)23(31)27-28-24(32)20-10-6-14-29(20)25(33)18-13-12-16-7-2-3-8-17(16)22(18)30/h2-5,7-9,11-13,15,20,30H,6,10,14H2,1H3,(H,27,31)(H,28,32). The van der Waals surface area contributed by atoms with Crippen molar-refractivity contribution in [3.8, 4) is 11.5 Å². The maximum Gasteiger partial charge on any atom is 0.279 e. The minimum atomic E-state index is -1.08. The molecule has 0 spiro atoms. The number of nitrogens with zero attached hydrogens (tertiary/aromatic N) is 1. The largest absolute Gasteiger partial charge is 0.506 e. The van der Waals surface area contributed by atoms with Gasteiger partial charge in [0.1, 0.15) is 11.8 Å². The number of aromatic hydroxyl groups is 1. The summed E-state index contributed by atoms with van der Waals surface area (Å²) in [6.45, 7) is 1.76. The van der Waals surface area contributed by atoms with E-state index in [1.165, 1.54) is 36.1 Å². The molecule has 1 saturated heterocycles. The number of likely N-dealkylation sites (tertiary alicyclic amines) is 1. The van der Waals surface area contributed by atoms with Gasteiger partial charge in [-0.2, -0.15) is 0 Å². The minimum Gasteiger partial charge on any atom is -0.506 e. The number of rotatable bonds is 5. The molecule has 1 heterocycles. The number of carbonyl (C=O) groups is 3. The number of hydrogen-bond acceptors (Lipinski definition) is 5. The van der Waals surface area contributed by atoms with E-state index in [4.69, 9.17) is 4.74 Å². The first kappa shape index (κ1) is 23.0. The van der Waals surface area contributed by atoms with Crippen molar-refractivity contribution in [1.82, 2.24) is 15.8 Å². The molecule has 176 valence electrons. The predicted octanol–water partition coefficient (Wildman–Crippen LogP) is 2.90. The number of halogens is 1. The summed E-state index contributed by atoms with van der Waals surface area (Å²) in [4.78, 5) is 39.6. The highest BCUT2D eigenvalue weighted by Crippen LogP contribution is 2.31. The number of hydrogen-bond donors (Lipinski definition) is 3. The van der Waals surface area contributed by atoms with Gasteiger partial charge in [0, 0.05) is 11.9 Å². The molecule has 3 amide bonds. The first-order valence-electron chi connectivity index (χ1n) is 10.9. The van der Waals surface area contributed by atoms with E-state index in [9.17, 15) is 23.9 Å². The van der Waals surface area contributed by atoms with E-state index in [0.29, 0.717) is 24.8 Å². The number of amides is 3. The van der Waals surface area contributed by atoms with E-state index in [0.717, 1.165) is 5.39 Å². The number of phenols is 1. The van der Waals surface area contributed by atoms with Gasteiger partial charge in [-0.1, -0.05) is 42.5 Å². The van der Waals surface area contributed by atoms with Gasteiger partial charge >= 0.3 is 0 Å². The predicted molar refractivity (Wildman–Crippen MR) is 122 cm³/mol. The first-order valence-corrected chi connectivity index (χ1v) is 10.9. The summed E-state index contributed by atoms with van der Waals surface area (Å²) in [6, 6.07) is 15.3. The Morgan fingerprint density at radius 2 is 1.79 bits per heavy atom. The molecule has 1 aliphatic heterocycles. The number of para-hydroxylation sites is 1. The van der Waals surface area contributed by atoms with E-state index in [-0.39, 0.29) is 17.1 Å². The summed E-state index contributed by atoms with van der Waals surface area (Å²) < 4.78 is 19.0. The molecule has 0 bridgehead atoms. The van der Waals surface area contributed by atoms with Gasteiger partial charge in [-0.25, -0.2) is 4.39 Å². The van der Waals surface area contributed by atoms with Crippen molar-refractivity contribution in [1.29, 1.82) is 0 Å². The van der Waals surface area contributed by atoms with Crippen LogP contribution in [0.15, 0.2) is 60.7 Å². The van der Waals surface area contributed by atoms with Crippen molar-refractivity contribution in [2.24, 2.45) is 0 Å². The molecular weight excluding hydrogens is 441 g/mol. The maximum atomic E-state index is 13.7. The average Bonchev–Trinajstić information content (AvgIpc) is 3.34.